The zero-order valence-corrected chi connectivity index (χ0v) is 13.2. The maximum absolute atomic E-state index is 12.0. The zero-order valence-electron chi connectivity index (χ0n) is 13.2. The first kappa shape index (κ1) is 16.7. The van der Waals surface area contributed by atoms with Gasteiger partial charge in [0.2, 0.25) is 5.91 Å². The van der Waals surface area contributed by atoms with Gasteiger partial charge in [0.05, 0.1) is 18.2 Å². The van der Waals surface area contributed by atoms with E-state index < -0.39 is 6.10 Å². The number of aliphatic hydroxyl groups is 1. The van der Waals surface area contributed by atoms with Crippen molar-refractivity contribution in [1.29, 1.82) is 0 Å². The predicted octanol–water partition coefficient (Wildman–Crippen LogP) is 1.49. The van der Waals surface area contributed by atoms with Gasteiger partial charge >= 0.3 is 0 Å². The summed E-state index contributed by atoms with van der Waals surface area (Å²) in [6, 6.07) is 0. The van der Waals surface area contributed by atoms with Crippen LogP contribution >= 0.6 is 0 Å². The normalized spacial score (nSPS) is 12.8. The van der Waals surface area contributed by atoms with Crippen LogP contribution in [0.5, 0.6) is 0 Å². The quantitative estimate of drug-likeness (QED) is 0.796. The summed E-state index contributed by atoms with van der Waals surface area (Å²) in [4.78, 5) is 12.0. The number of aryl methyl sites for hydroxylation is 2. The van der Waals surface area contributed by atoms with Gasteiger partial charge in [-0.1, -0.05) is 26.7 Å². The third kappa shape index (κ3) is 4.07. The largest absolute Gasteiger partial charge is 0.391 e. The first-order valence-corrected chi connectivity index (χ1v) is 7.34. The Hall–Kier alpha value is -1.36. The SMILES string of the molecule is CCC(CC)C(O)CNC(=O)Cc1c(C)nn(C)c1C. The maximum Gasteiger partial charge on any atom is 0.224 e. The van der Waals surface area contributed by atoms with Crippen LogP contribution in [-0.4, -0.2) is 33.4 Å². The lowest BCUT2D eigenvalue weighted by Crippen LogP contribution is -2.36. The summed E-state index contributed by atoms with van der Waals surface area (Å²) < 4.78 is 1.79. The number of aliphatic hydroxyl groups excluding tert-OH is 1. The van der Waals surface area contributed by atoms with Crippen LogP contribution in [0.3, 0.4) is 0 Å². The van der Waals surface area contributed by atoms with Gasteiger partial charge in [-0.05, 0) is 19.8 Å². The number of amides is 1. The van der Waals surface area contributed by atoms with Crippen LogP contribution in [0.1, 0.15) is 43.6 Å². The number of nitrogens with zero attached hydrogens (tertiary/aromatic N) is 2. The number of nitrogens with one attached hydrogen (secondary N) is 1. The van der Waals surface area contributed by atoms with E-state index in [0.29, 0.717) is 13.0 Å². The lowest BCUT2D eigenvalue weighted by atomic mass is 9.96. The molecule has 1 aromatic rings. The van der Waals surface area contributed by atoms with Crippen LogP contribution in [0.25, 0.3) is 0 Å². The summed E-state index contributed by atoms with van der Waals surface area (Å²) >= 11 is 0. The molecule has 0 fully saturated rings. The first-order valence-electron chi connectivity index (χ1n) is 7.34. The first-order chi connectivity index (χ1) is 9.40. The van der Waals surface area contributed by atoms with Crippen molar-refractivity contribution < 1.29 is 9.90 Å². The summed E-state index contributed by atoms with van der Waals surface area (Å²) in [5.74, 6) is 0.186. The Balaban J connectivity index is 2.52. The number of rotatable bonds is 7. The molecule has 0 saturated carbocycles. The maximum atomic E-state index is 12.0. The minimum absolute atomic E-state index is 0.0609. The fourth-order valence-corrected chi connectivity index (χ4v) is 2.51. The van der Waals surface area contributed by atoms with Crippen LogP contribution in [0.2, 0.25) is 0 Å². The highest BCUT2D eigenvalue weighted by Crippen LogP contribution is 2.14. The molecule has 2 N–H and O–H groups in total. The molecule has 1 atom stereocenters. The van der Waals surface area contributed by atoms with Crippen molar-refractivity contribution in [1.82, 2.24) is 15.1 Å². The van der Waals surface area contributed by atoms with Gasteiger partial charge in [0.25, 0.3) is 0 Å². The summed E-state index contributed by atoms with van der Waals surface area (Å²) in [7, 11) is 1.88. The Morgan fingerprint density at radius 2 is 1.95 bits per heavy atom. The summed E-state index contributed by atoms with van der Waals surface area (Å²) in [6.07, 6.45) is 1.70. The molecule has 0 aliphatic rings. The summed E-state index contributed by atoms with van der Waals surface area (Å²) in [5.41, 5.74) is 2.88. The standard InChI is InChI=1S/C15H27N3O2/c1-6-12(7-2)14(19)9-16-15(20)8-13-10(3)17-18(5)11(13)4/h12,14,19H,6-9H2,1-5H3,(H,16,20). The molecule has 1 heterocycles. The molecule has 0 bridgehead atoms. The second kappa shape index (κ2) is 7.43. The highest BCUT2D eigenvalue weighted by atomic mass is 16.3. The Bertz CT molecular complexity index is 450. The van der Waals surface area contributed by atoms with Crippen molar-refractivity contribution in [2.45, 2.75) is 53.1 Å². The van der Waals surface area contributed by atoms with E-state index in [4.69, 9.17) is 0 Å². The fraction of sp³-hybridized carbons (Fsp3) is 0.733. The molecule has 0 aromatic carbocycles. The van der Waals surface area contributed by atoms with E-state index in [1.165, 1.54) is 0 Å². The van der Waals surface area contributed by atoms with Gasteiger partial charge in [-0.2, -0.15) is 5.10 Å². The summed E-state index contributed by atoms with van der Waals surface area (Å²) in [5, 5.41) is 17.1. The predicted molar refractivity (Wildman–Crippen MR) is 79.5 cm³/mol. The van der Waals surface area contributed by atoms with E-state index in [1.54, 1.807) is 4.68 Å². The Kier molecular flexibility index (Phi) is 6.20. The van der Waals surface area contributed by atoms with Gasteiger partial charge in [-0.25, -0.2) is 0 Å². The van der Waals surface area contributed by atoms with Gasteiger partial charge in [-0.15, -0.1) is 0 Å². The van der Waals surface area contributed by atoms with Crippen molar-refractivity contribution >= 4 is 5.91 Å². The number of hydrogen-bond donors (Lipinski definition) is 2. The van der Waals surface area contributed by atoms with Gasteiger partial charge in [0.1, 0.15) is 0 Å². The van der Waals surface area contributed by atoms with Gasteiger partial charge in [0, 0.05) is 24.8 Å². The van der Waals surface area contributed by atoms with E-state index in [-0.39, 0.29) is 11.8 Å². The smallest absolute Gasteiger partial charge is 0.224 e. The van der Waals surface area contributed by atoms with Crippen LogP contribution in [0.15, 0.2) is 0 Å². The van der Waals surface area contributed by atoms with Gasteiger partial charge < -0.3 is 10.4 Å². The second-order valence-electron chi connectivity index (χ2n) is 5.40. The van der Waals surface area contributed by atoms with Crippen LogP contribution in [0, 0.1) is 19.8 Å². The molecule has 1 rings (SSSR count). The Morgan fingerprint density at radius 3 is 2.40 bits per heavy atom. The monoisotopic (exact) mass is 281 g/mol. The van der Waals surface area contributed by atoms with Crippen molar-refractivity contribution in [3.05, 3.63) is 17.0 Å². The molecule has 5 nitrogen and oxygen atoms in total. The van der Waals surface area contributed by atoms with Crippen molar-refractivity contribution in [2.24, 2.45) is 13.0 Å². The number of carbonyl (C=O) groups excluding carboxylic acids is 1. The average molecular weight is 281 g/mol. The van der Waals surface area contributed by atoms with E-state index in [1.807, 2.05) is 20.9 Å². The topological polar surface area (TPSA) is 67.2 Å². The molecule has 0 radical (unpaired) electrons. The van der Waals surface area contributed by atoms with Crippen LogP contribution in [0.4, 0.5) is 0 Å². The zero-order chi connectivity index (χ0) is 15.3. The minimum Gasteiger partial charge on any atom is -0.391 e. The molecule has 0 saturated heterocycles. The average Bonchev–Trinajstić information content (AvgIpc) is 2.64. The molecule has 20 heavy (non-hydrogen) atoms. The molecule has 0 aliphatic carbocycles. The third-order valence-electron chi connectivity index (χ3n) is 4.10. The molecule has 114 valence electrons. The van der Waals surface area contributed by atoms with Crippen LogP contribution in [-0.2, 0) is 18.3 Å². The minimum atomic E-state index is -0.468. The Morgan fingerprint density at radius 1 is 1.35 bits per heavy atom. The van der Waals surface area contributed by atoms with Crippen molar-refractivity contribution in [3.8, 4) is 0 Å². The highest BCUT2D eigenvalue weighted by Gasteiger charge is 2.18. The van der Waals surface area contributed by atoms with E-state index in [0.717, 1.165) is 29.8 Å². The van der Waals surface area contributed by atoms with Gasteiger partial charge in [-0.3, -0.25) is 9.48 Å². The van der Waals surface area contributed by atoms with Crippen LogP contribution < -0.4 is 5.32 Å². The Labute approximate surface area is 121 Å². The number of aromatic nitrogens is 2. The van der Waals surface area contributed by atoms with E-state index in [2.05, 4.69) is 24.3 Å². The van der Waals surface area contributed by atoms with E-state index >= 15 is 0 Å². The second-order valence-corrected chi connectivity index (χ2v) is 5.40. The van der Waals surface area contributed by atoms with E-state index in [9.17, 15) is 9.90 Å². The third-order valence-corrected chi connectivity index (χ3v) is 4.10. The molecular formula is C15H27N3O2. The van der Waals surface area contributed by atoms with Crippen molar-refractivity contribution in [2.75, 3.05) is 6.54 Å². The van der Waals surface area contributed by atoms with Gasteiger partial charge in [0.15, 0.2) is 0 Å². The van der Waals surface area contributed by atoms with Crippen molar-refractivity contribution in [3.63, 3.8) is 0 Å². The lowest BCUT2D eigenvalue weighted by Gasteiger charge is -2.20. The lowest BCUT2D eigenvalue weighted by molar-refractivity contribution is -0.121. The molecule has 1 aromatic heterocycles. The molecule has 5 heteroatoms. The fourth-order valence-electron chi connectivity index (χ4n) is 2.51. The molecule has 1 unspecified atom stereocenters. The number of carbonyl (C=O) groups is 1. The molecule has 0 spiro atoms. The highest BCUT2D eigenvalue weighted by molar-refractivity contribution is 5.79. The molecular weight excluding hydrogens is 254 g/mol. The summed E-state index contributed by atoms with van der Waals surface area (Å²) in [6.45, 7) is 8.31. The molecule has 0 aliphatic heterocycles. The number of hydrogen-bond acceptors (Lipinski definition) is 3. The molecule has 1 amide bonds.